The Labute approximate surface area is 170 Å². The van der Waals surface area contributed by atoms with Gasteiger partial charge in [0.1, 0.15) is 4.90 Å². The second-order valence-electron chi connectivity index (χ2n) is 6.53. The van der Waals surface area contributed by atoms with Crippen LogP contribution in [-0.2, 0) is 26.2 Å². The number of hydrogen-bond acceptors (Lipinski definition) is 4. The van der Waals surface area contributed by atoms with Crippen LogP contribution >= 0.6 is 0 Å². The van der Waals surface area contributed by atoms with Crippen LogP contribution in [0.2, 0.25) is 0 Å². The van der Waals surface area contributed by atoms with E-state index in [0.29, 0.717) is 17.4 Å². The van der Waals surface area contributed by atoms with Crippen LogP contribution in [-0.4, -0.2) is 21.4 Å². The molecule has 148 valence electrons. The number of benzene rings is 3. The Morgan fingerprint density at radius 2 is 1.14 bits per heavy atom. The zero-order valence-corrected chi connectivity index (χ0v) is 17.3. The summed E-state index contributed by atoms with van der Waals surface area (Å²) in [6.07, 6.45) is 0. The average Bonchev–Trinajstić information content (AvgIpc) is 3.11. The number of fused-ring (bicyclic) bond motifs is 1. The first-order valence-corrected chi connectivity index (χ1v) is 12.1. The van der Waals surface area contributed by atoms with Gasteiger partial charge in [0.2, 0.25) is 19.7 Å². The minimum atomic E-state index is -4.08. The van der Waals surface area contributed by atoms with Crippen LogP contribution in [0.5, 0.6) is 0 Å². The molecule has 0 saturated carbocycles. The molecule has 0 aliphatic rings. The molecule has 0 radical (unpaired) electrons. The maximum Gasteiger partial charge on any atom is 0.223 e. The van der Waals surface area contributed by atoms with E-state index < -0.39 is 19.7 Å². The fraction of sp³-hybridized carbons (Fsp3) is 0.0909. The molecule has 0 atom stereocenters. The van der Waals surface area contributed by atoms with Gasteiger partial charge in [0.25, 0.3) is 0 Å². The number of hydrogen-bond donors (Lipinski definition) is 0. The van der Waals surface area contributed by atoms with Gasteiger partial charge in [-0.15, -0.1) is 0 Å². The zero-order valence-electron chi connectivity index (χ0n) is 15.7. The first-order chi connectivity index (χ1) is 13.9. The first kappa shape index (κ1) is 19.4. The van der Waals surface area contributed by atoms with Gasteiger partial charge in [-0.2, -0.15) is 0 Å². The highest BCUT2D eigenvalue weighted by Gasteiger charge is 2.35. The van der Waals surface area contributed by atoms with Crippen molar-refractivity contribution in [2.75, 3.05) is 0 Å². The maximum absolute atomic E-state index is 13.6. The fourth-order valence-electron chi connectivity index (χ4n) is 3.52. The molecular formula is C22H19NO4S2. The van der Waals surface area contributed by atoms with E-state index >= 15 is 0 Å². The Kier molecular flexibility index (Phi) is 4.80. The molecule has 4 rings (SSSR count). The Morgan fingerprint density at radius 1 is 0.655 bits per heavy atom. The van der Waals surface area contributed by atoms with Crippen LogP contribution in [0.1, 0.15) is 6.92 Å². The lowest BCUT2D eigenvalue weighted by molar-refractivity contribution is 0.566. The molecule has 29 heavy (non-hydrogen) atoms. The van der Waals surface area contributed by atoms with Crippen LogP contribution in [0.15, 0.2) is 105 Å². The summed E-state index contributed by atoms with van der Waals surface area (Å²) in [4.78, 5) is -0.0597. The van der Waals surface area contributed by atoms with E-state index in [1.807, 2.05) is 0 Å². The minimum Gasteiger partial charge on any atom is -0.330 e. The molecule has 0 bridgehead atoms. The van der Waals surface area contributed by atoms with Crippen LogP contribution < -0.4 is 0 Å². The topological polar surface area (TPSA) is 73.2 Å². The third-order valence-corrected chi connectivity index (χ3v) is 8.62. The van der Waals surface area contributed by atoms with Crippen molar-refractivity contribution in [3.8, 4) is 0 Å². The molecule has 7 heteroatoms. The monoisotopic (exact) mass is 425 g/mol. The molecule has 1 heterocycles. The van der Waals surface area contributed by atoms with Crippen LogP contribution in [0, 0.1) is 0 Å². The van der Waals surface area contributed by atoms with E-state index in [9.17, 15) is 16.8 Å². The van der Waals surface area contributed by atoms with Crippen molar-refractivity contribution in [3.63, 3.8) is 0 Å². The normalized spacial score (nSPS) is 12.3. The summed E-state index contributed by atoms with van der Waals surface area (Å²) in [6.45, 7) is 2.11. The lowest BCUT2D eigenvalue weighted by Crippen LogP contribution is -2.14. The van der Waals surface area contributed by atoms with Gasteiger partial charge in [-0.05, 0) is 37.3 Å². The summed E-state index contributed by atoms with van der Waals surface area (Å²) >= 11 is 0. The van der Waals surface area contributed by atoms with Gasteiger partial charge in [-0.1, -0.05) is 54.6 Å². The highest BCUT2D eigenvalue weighted by molar-refractivity contribution is 7.94. The van der Waals surface area contributed by atoms with E-state index in [1.165, 1.54) is 24.3 Å². The molecule has 0 unspecified atom stereocenters. The predicted molar refractivity (Wildman–Crippen MR) is 111 cm³/mol. The van der Waals surface area contributed by atoms with E-state index in [0.717, 1.165) is 0 Å². The third kappa shape index (κ3) is 3.07. The molecule has 0 fully saturated rings. The molecule has 0 N–H and O–H groups in total. The number of sulfone groups is 2. The van der Waals surface area contributed by atoms with Gasteiger partial charge in [0.15, 0.2) is 5.03 Å². The van der Waals surface area contributed by atoms with Gasteiger partial charge in [-0.25, -0.2) is 16.8 Å². The van der Waals surface area contributed by atoms with Gasteiger partial charge < -0.3 is 4.57 Å². The van der Waals surface area contributed by atoms with E-state index in [2.05, 4.69) is 0 Å². The van der Waals surface area contributed by atoms with Crippen molar-refractivity contribution >= 4 is 30.6 Å². The summed E-state index contributed by atoms with van der Waals surface area (Å²) in [7, 11) is -8.16. The number of aromatic nitrogens is 1. The Hall–Kier alpha value is -2.90. The predicted octanol–water partition coefficient (Wildman–Crippen LogP) is 4.33. The number of aryl methyl sites for hydroxylation is 1. The van der Waals surface area contributed by atoms with E-state index in [-0.39, 0.29) is 19.7 Å². The number of para-hydroxylation sites is 1. The van der Waals surface area contributed by atoms with Crippen molar-refractivity contribution in [1.82, 2.24) is 4.57 Å². The third-order valence-electron chi connectivity index (χ3n) is 4.83. The summed E-state index contributed by atoms with van der Waals surface area (Å²) in [5.41, 5.74) is 0.569. The molecule has 0 spiro atoms. The van der Waals surface area contributed by atoms with Crippen molar-refractivity contribution in [3.05, 3.63) is 84.9 Å². The van der Waals surface area contributed by atoms with Crippen LogP contribution in [0.4, 0.5) is 0 Å². The molecule has 0 amide bonds. The zero-order chi connectivity index (χ0) is 20.6. The summed E-state index contributed by atoms with van der Waals surface area (Å²) in [5.74, 6) is 0. The SMILES string of the molecule is CCn1c(S(=O)(=O)c2ccccc2)c(S(=O)(=O)c2ccccc2)c2ccccc21. The average molecular weight is 426 g/mol. The lowest BCUT2D eigenvalue weighted by atomic mass is 10.2. The van der Waals surface area contributed by atoms with E-state index in [4.69, 9.17) is 0 Å². The molecule has 1 aromatic heterocycles. The second-order valence-corrected chi connectivity index (χ2v) is 10.3. The number of rotatable bonds is 5. The summed E-state index contributed by atoms with van der Waals surface area (Å²) in [6, 6.07) is 22.7. The minimum absolute atomic E-state index is 0.0574. The van der Waals surface area contributed by atoms with Crippen molar-refractivity contribution in [2.45, 2.75) is 33.2 Å². The largest absolute Gasteiger partial charge is 0.330 e. The molecule has 0 aliphatic carbocycles. The fourth-order valence-corrected chi connectivity index (χ4v) is 7.34. The van der Waals surface area contributed by atoms with E-state index in [1.54, 1.807) is 72.2 Å². The smallest absolute Gasteiger partial charge is 0.223 e. The quantitative estimate of drug-likeness (QED) is 0.477. The highest BCUT2D eigenvalue weighted by Crippen LogP contribution is 2.39. The van der Waals surface area contributed by atoms with Crippen LogP contribution in [0.3, 0.4) is 0 Å². The van der Waals surface area contributed by atoms with Gasteiger partial charge in [0, 0.05) is 11.9 Å². The summed E-state index contributed by atoms with van der Waals surface area (Å²) in [5, 5.41) is 0.198. The standard InChI is InChI=1S/C22H19NO4S2/c1-2-23-20-16-10-9-15-19(20)21(28(24,25)17-11-5-3-6-12-17)22(23)29(26,27)18-13-7-4-8-14-18/h3-16H,2H2,1H3. The molecule has 5 nitrogen and oxygen atoms in total. The second kappa shape index (κ2) is 7.17. The molecule has 3 aromatic carbocycles. The first-order valence-electron chi connectivity index (χ1n) is 9.10. The summed E-state index contributed by atoms with van der Waals surface area (Å²) < 4.78 is 56.0. The molecule has 0 saturated heterocycles. The Bertz CT molecular complexity index is 1390. The van der Waals surface area contributed by atoms with Gasteiger partial charge in [0.05, 0.1) is 15.3 Å². The highest BCUT2D eigenvalue weighted by atomic mass is 32.2. The molecule has 0 aliphatic heterocycles. The van der Waals surface area contributed by atoms with Crippen molar-refractivity contribution in [2.24, 2.45) is 0 Å². The molecular weight excluding hydrogens is 406 g/mol. The van der Waals surface area contributed by atoms with Gasteiger partial charge in [-0.3, -0.25) is 0 Å². The van der Waals surface area contributed by atoms with Crippen LogP contribution in [0.25, 0.3) is 10.9 Å². The Balaban J connectivity index is 2.17. The van der Waals surface area contributed by atoms with Crippen molar-refractivity contribution < 1.29 is 16.8 Å². The lowest BCUT2D eigenvalue weighted by Gasteiger charge is -2.12. The van der Waals surface area contributed by atoms with Gasteiger partial charge >= 0.3 is 0 Å². The van der Waals surface area contributed by atoms with Crippen molar-refractivity contribution in [1.29, 1.82) is 0 Å². The molecule has 4 aromatic rings. The number of nitrogens with zero attached hydrogens (tertiary/aromatic N) is 1. The maximum atomic E-state index is 13.6. The Morgan fingerprint density at radius 3 is 1.69 bits per heavy atom.